The summed E-state index contributed by atoms with van der Waals surface area (Å²) in [5, 5.41) is 5.92. The molecule has 0 bridgehead atoms. The normalized spacial score (nSPS) is 15.8. The van der Waals surface area contributed by atoms with Crippen molar-refractivity contribution in [2.75, 3.05) is 37.7 Å². The van der Waals surface area contributed by atoms with Gasteiger partial charge in [0, 0.05) is 31.2 Å². The van der Waals surface area contributed by atoms with Crippen LogP contribution in [0.15, 0.2) is 30.5 Å². The Kier molecular flexibility index (Phi) is 4.14. The number of nitrogens with zero attached hydrogens (tertiary/aromatic N) is 2. The molecule has 2 heterocycles. The lowest BCUT2D eigenvalue weighted by atomic mass is 10.1. The minimum atomic E-state index is 0.787. The molecule has 1 N–H and O–H groups in total. The Morgan fingerprint density at radius 2 is 1.95 bits per heavy atom. The Morgan fingerprint density at radius 3 is 2.70 bits per heavy atom. The molecule has 0 spiro atoms. The molecule has 3 rings (SSSR count). The highest BCUT2D eigenvalue weighted by molar-refractivity contribution is 5.94. The molecule has 4 nitrogen and oxygen atoms in total. The highest BCUT2D eigenvalue weighted by Crippen LogP contribution is 2.27. The van der Waals surface area contributed by atoms with Crippen molar-refractivity contribution in [3.63, 3.8) is 0 Å². The van der Waals surface area contributed by atoms with E-state index in [1.807, 2.05) is 6.20 Å². The summed E-state index contributed by atoms with van der Waals surface area (Å²) in [7, 11) is 0. The second-order valence-electron chi connectivity index (χ2n) is 5.03. The summed E-state index contributed by atoms with van der Waals surface area (Å²) in [6, 6.07) is 8.54. The summed E-state index contributed by atoms with van der Waals surface area (Å²) < 4.78 is 5.43. The average Bonchev–Trinajstić information content (AvgIpc) is 2.53. The summed E-state index contributed by atoms with van der Waals surface area (Å²) in [4.78, 5) is 7.04. The Morgan fingerprint density at radius 1 is 1.20 bits per heavy atom. The van der Waals surface area contributed by atoms with Crippen LogP contribution in [0.2, 0.25) is 0 Å². The van der Waals surface area contributed by atoms with E-state index in [-0.39, 0.29) is 0 Å². The zero-order chi connectivity index (χ0) is 13.8. The summed E-state index contributed by atoms with van der Waals surface area (Å²) >= 11 is 0. The second kappa shape index (κ2) is 6.20. The molecule has 0 amide bonds. The highest BCUT2D eigenvalue weighted by atomic mass is 16.5. The quantitative estimate of drug-likeness (QED) is 0.925. The number of morpholine rings is 1. The molecule has 0 unspecified atom stereocenters. The SMILES string of the molecule is CCNCc1cnc(N2CCOCC2)c2ccccc12. The van der Waals surface area contributed by atoms with E-state index in [1.54, 1.807) is 0 Å². The van der Waals surface area contributed by atoms with Crippen LogP contribution in [0.1, 0.15) is 12.5 Å². The lowest BCUT2D eigenvalue weighted by Crippen LogP contribution is -2.36. The first-order valence-electron chi connectivity index (χ1n) is 7.30. The number of aromatic nitrogens is 1. The van der Waals surface area contributed by atoms with Crippen LogP contribution in [-0.4, -0.2) is 37.8 Å². The third kappa shape index (κ3) is 2.62. The Labute approximate surface area is 119 Å². The maximum absolute atomic E-state index is 5.43. The lowest BCUT2D eigenvalue weighted by Gasteiger charge is -2.29. The van der Waals surface area contributed by atoms with Crippen molar-refractivity contribution in [3.05, 3.63) is 36.0 Å². The summed E-state index contributed by atoms with van der Waals surface area (Å²) in [6.45, 7) is 7.38. The van der Waals surface area contributed by atoms with Crippen LogP contribution in [0.5, 0.6) is 0 Å². The number of nitrogens with one attached hydrogen (secondary N) is 1. The smallest absolute Gasteiger partial charge is 0.136 e. The van der Waals surface area contributed by atoms with Crippen molar-refractivity contribution < 1.29 is 4.74 Å². The number of anilines is 1. The molecule has 0 saturated carbocycles. The predicted molar refractivity (Wildman–Crippen MR) is 82.2 cm³/mol. The number of pyridine rings is 1. The number of ether oxygens (including phenoxy) is 1. The zero-order valence-electron chi connectivity index (χ0n) is 11.9. The van der Waals surface area contributed by atoms with Crippen molar-refractivity contribution in [1.82, 2.24) is 10.3 Å². The largest absolute Gasteiger partial charge is 0.378 e. The molecular formula is C16H21N3O. The first-order valence-corrected chi connectivity index (χ1v) is 7.30. The van der Waals surface area contributed by atoms with Gasteiger partial charge in [-0.2, -0.15) is 0 Å². The predicted octanol–water partition coefficient (Wildman–Crippen LogP) is 2.18. The standard InChI is InChI=1S/C16H21N3O/c1-2-17-11-13-12-18-16(19-7-9-20-10-8-19)15-6-4-3-5-14(13)15/h3-6,12,17H,2,7-11H2,1H3. The molecule has 1 fully saturated rings. The van der Waals surface area contributed by atoms with Crippen molar-refractivity contribution in [2.24, 2.45) is 0 Å². The van der Waals surface area contributed by atoms with E-state index in [9.17, 15) is 0 Å². The summed E-state index contributed by atoms with van der Waals surface area (Å²) in [5.41, 5.74) is 1.26. The Balaban J connectivity index is 2.01. The molecule has 2 aromatic rings. The Hall–Kier alpha value is -1.65. The van der Waals surface area contributed by atoms with Crippen molar-refractivity contribution in [1.29, 1.82) is 0 Å². The van der Waals surface area contributed by atoms with Crippen LogP contribution < -0.4 is 10.2 Å². The van der Waals surface area contributed by atoms with Crippen molar-refractivity contribution >= 4 is 16.6 Å². The molecule has 20 heavy (non-hydrogen) atoms. The van der Waals surface area contributed by atoms with Crippen LogP contribution in [0.3, 0.4) is 0 Å². The van der Waals surface area contributed by atoms with Gasteiger partial charge in [0.05, 0.1) is 13.2 Å². The molecule has 4 heteroatoms. The molecule has 1 aliphatic heterocycles. The monoisotopic (exact) mass is 271 g/mol. The maximum atomic E-state index is 5.43. The fraction of sp³-hybridized carbons (Fsp3) is 0.438. The molecular weight excluding hydrogens is 250 g/mol. The van der Waals surface area contributed by atoms with Crippen LogP contribution in [0.25, 0.3) is 10.8 Å². The number of fused-ring (bicyclic) bond motifs is 1. The number of rotatable bonds is 4. The van der Waals surface area contributed by atoms with Crippen LogP contribution in [0, 0.1) is 0 Å². The minimum absolute atomic E-state index is 0.787. The molecule has 0 atom stereocenters. The molecule has 1 aromatic carbocycles. The molecule has 1 aliphatic rings. The van der Waals surface area contributed by atoms with E-state index in [0.29, 0.717) is 0 Å². The van der Waals surface area contributed by atoms with Gasteiger partial charge < -0.3 is 15.0 Å². The van der Waals surface area contributed by atoms with E-state index in [0.717, 1.165) is 45.2 Å². The topological polar surface area (TPSA) is 37.4 Å². The first-order chi connectivity index (χ1) is 9.90. The van der Waals surface area contributed by atoms with Gasteiger partial charge in [-0.05, 0) is 17.5 Å². The number of hydrogen-bond acceptors (Lipinski definition) is 4. The fourth-order valence-electron chi connectivity index (χ4n) is 2.66. The highest BCUT2D eigenvalue weighted by Gasteiger charge is 2.16. The van der Waals surface area contributed by atoms with Gasteiger partial charge in [-0.1, -0.05) is 31.2 Å². The van der Waals surface area contributed by atoms with Gasteiger partial charge in [0.15, 0.2) is 0 Å². The van der Waals surface area contributed by atoms with Gasteiger partial charge in [-0.3, -0.25) is 0 Å². The third-order valence-electron chi connectivity index (χ3n) is 3.73. The molecule has 1 saturated heterocycles. The Bertz CT molecular complexity index is 579. The van der Waals surface area contributed by atoms with Gasteiger partial charge in [-0.15, -0.1) is 0 Å². The van der Waals surface area contributed by atoms with Crippen LogP contribution in [0.4, 0.5) is 5.82 Å². The maximum Gasteiger partial charge on any atom is 0.136 e. The summed E-state index contributed by atoms with van der Waals surface area (Å²) in [6.07, 6.45) is 2.01. The van der Waals surface area contributed by atoms with Crippen LogP contribution >= 0.6 is 0 Å². The van der Waals surface area contributed by atoms with E-state index < -0.39 is 0 Å². The van der Waals surface area contributed by atoms with Crippen molar-refractivity contribution in [2.45, 2.75) is 13.5 Å². The molecule has 1 aromatic heterocycles. The summed E-state index contributed by atoms with van der Waals surface area (Å²) in [5.74, 6) is 1.09. The zero-order valence-corrected chi connectivity index (χ0v) is 11.9. The van der Waals surface area contributed by atoms with E-state index in [2.05, 4.69) is 41.4 Å². The second-order valence-corrected chi connectivity index (χ2v) is 5.03. The van der Waals surface area contributed by atoms with Crippen LogP contribution in [-0.2, 0) is 11.3 Å². The average molecular weight is 271 g/mol. The van der Waals surface area contributed by atoms with E-state index in [4.69, 9.17) is 9.72 Å². The van der Waals surface area contributed by atoms with Gasteiger partial charge in [0.2, 0.25) is 0 Å². The van der Waals surface area contributed by atoms with Gasteiger partial charge >= 0.3 is 0 Å². The fourth-order valence-corrected chi connectivity index (χ4v) is 2.66. The van der Waals surface area contributed by atoms with Gasteiger partial charge in [-0.25, -0.2) is 4.98 Å². The molecule has 0 radical (unpaired) electrons. The number of benzene rings is 1. The van der Waals surface area contributed by atoms with E-state index in [1.165, 1.54) is 16.3 Å². The van der Waals surface area contributed by atoms with Gasteiger partial charge in [0.1, 0.15) is 5.82 Å². The number of hydrogen-bond donors (Lipinski definition) is 1. The lowest BCUT2D eigenvalue weighted by molar-refractivity contribution is 0.122. The molecule has 106 valence electrons. The van der Waals surface area contributed by atoms with E-state index >= 15 is 0 Å². The third-order valence-corrected chi connectivity index (χ3v) is 3.73. The minimum Gasteiger partial charge on any atom is -0.378 e. The van der Waals surface area contributed by atoms with Gasteiger partial charge in [0.25, 0.3) is 0 Å². The van der Waals surface area contributed by atoms with Crippen molar-refractivity contribution in [3.8, 4) is 0 Å². The molecule has 0 aliphatic carbocycles. The first kappa shape index (κ1) is 13.3.